The molecule has 0 N–H and O–H groups in total. The third-order valence-electron chi connectivity index (χ3n) is 4.53. The molecule has 4 nitrogen and oxygen atoms in total. The molecule has 1 fully saturated rings. The molecule has 0 radical (unpaired) electrons. The number of hydrogen-bond acceptors (Lipinski definition) is 3. The van der Waals surface area contributed by atoms with E-state index in [9.17, 15) is 4.79 Å². The summed E-state index contributed by atoms with van der Waals surface area (Å²) < 4.78 is 6.20. The molecule has 0 saturated carbocycles. The maximum Gasteiger partial charge on any atom is 0.253 e. The van der Waals surface area contributed by atoms with Crippen molar-refractivity contribution in [2.45, 2.75) is 13.0 Å². The topological polar surface area (TPSA) is 32.8 Å². The average Bonchev–Trinajstić information content (AvgIpc) is 2.88. The van der Waals surface area contributed by atoms with Gasteiger partial charge in [0.25, 0.3) is 5.91 Å². The van der Waals surface area contributed by atoms with Crippen LogP contribution in [-0.2, 0) is 6.54 Å². The molecule has 0 unspecified atom stereocenters. The first-order chi connectivity index (χ1) is 12.2. The highest BCUT2D eigenvalue weighted by Crippen LogP contribution is 2.16. The number of halogens is 1. The number of rotatable bonds is 4. The quantitative estimate of drug-likeness (QED) is 0.779. The van der Waals surface area contributed by atoms with Crippen molar-refractivity contribution in [2.75, 3.05) is 33.3 Å². The van der Waals surface area contributed by atoms with E-state index < -0.39 is 0 Å². The van der Waals surface area contributed by atoms with Crippen LogP contribution >= 0.6 is 15.9 Å². The lowest BCUT2D eigenvalue weighted by Gasteiger charge is -2.22. The zero-order valence-electron chi connectivity index (χ0n) is 14.5. The fourth-order valence-electron chi connectivity index (χ4n) is 3.10. The fraction of sp³-hybridized carbons (Fsp3) is 0.350. The number of carbonyl (C=O) groups excluding carboxylic acids is 1. The molecule has 1 amide bonds. The smallest absolute Gasteiger partial charge is 0.253 e. The van der Waals surface area contributed by atoms with Gasteiger partial charge in [0.2, 0.25) is 0 Å². The highest BCUT2D eigenvalue weighted by molar-refractivity contribution is 9.10. The van der Waals surface area contributed by atoms with Crippen LogP contribution in [0, 0.1) is 0 Å². The van der Waals surface area contributed by atoms with E-state index in [1.807, 2.05) is 41.3 Å². The molecule has 0 atom stereocenters. The van der Waals surface area contributed by atoms with Crippen LogP contribution in [-0.4, -0.2) is 49.0 Å². The molecule has 2 aromatic carbocycles. The summed E-state index contributed by atoms with van der Waals surface area (Å²) in [7, 11) is 1.68. The molecule has 25 heavy (non-hydrogen) atoms. The van der Waals surface area contributed by atoms with Crippen LogP contribution in [0.3, 0.4) is 0 Å². The second-order valence-corrected chi connectivity index (χ2v) is 7.19. The Hall–Kier alpha value is -1.85. The van der Waals surface area contributed by atoms with Crippen LogP contribution in [0.4, 0.5) is 0 Å². The van der Waals surface area contributed by atoms with E-state index in [0.29, 0.717) is 0 Å². The molecule has 0 aliphatic carbocycles. The SMILES string of the molecule is COc1ccc(CN2CCCN(C(=O)c3ccc(Br)cc3)CC2)cc1. The van der Waals surface area contributed by atoms with Gasteiger partial charge in [0, 0.05) is 42.8 Å². The van der Waals surface area contributed by atoms with Crippen molar-refractivity contribution in [1.82, 2.24) is 9.80 Å². The Kier molecular flexibility index (Phi) is 6.10. The zero-order valence-corrected chi connectivity index (χ0v) is 16.0. The number of ether oxygens (including phenoxy) is 1. The number of nitrogens with zero attached hydrogens (tertiary/aromatic N) is 2. The van der Waals surface area contributed by atoms with Gasteiger partial charge < -0.3 is 9.64 Å². The molecule has 3 rings (SSSR count). The number of hydrogen-bond donors (Lipinski definition) is 0. The van der Waals surface area contributed by atoms with Crippen molar-refractivity contribution >= 4 is 21.8 Å². The third-order valence-corrected chi connectivity index (χ3v) is 5.06. The van der Waals surface area contributed by atoms with Gasteiger partial charge in [0.05, 0.1) is 7.11 Å². The van der Waals surface area contributed by atoms with E-state index in [4.69, 9.17) is 4.74 Å². The third kappa shape index (κ3) is 4.83. The number of benzene rings is 2. The Morgan fingerprint density at radius 2 is 1.72 bits per heavy atom. The van der Waals surface area contributed by atoms with Crippen LogP contribution in [0.1, 0.15) is 22.3 Å². The summed E-state index contributed by atoms with van der Waals surface area (Å²) in [5.41, 5.74) is 2.03. The monoisotopic (exact) mass is 402 g/mol. The van der Waals surface area contributed by atoms with Gasteiger partial charge in [0.1, 0.15) is 5.75 Å². The van der Waals surface area contributed by atoms with E-state index in [-0.39, 0.29) is 5.91 Å². The summed E-state index contributed by atoms with van der Waals surface area (Å²) in [5.74, 6) is 1.00. The second kappa shape index (κ2) is 8.50. The molecule has 1 aliphatic rings. The highest BCUT2D eigenvalue weighted by Gasteiger charge is 2.20. The minimum atomic E-state index is 0.124. The van der Waals surface area contributed by atoms with Crippen LogP contribution in [0.5, 0.6) is 5.75 Å². The molecule has 132 valence electrons. The lowest BCUT2D eigenvalue weighted by molar-refractivity contribution is 0.0761. The maximum absolute atomic E-state index is 12.7. The molecule has 5 heteroatoms. The molecule has 1 aliphatic heterocycles. The van der Waals surface area contributed by atoms with Gasteiger partial charge in [-0.3, -0.25) is 9.69 Å². The van der Waals surface area contributed by atoms with Crippen molar-refractivity contribution < 1.29 is 9.53 Å². The molecular formula is C20H23BrN2O2. The number of amides is 1. The van der Waals surface area contributed by atoms with Gasteiger partial charge in [0.15, 0.2) is 0 Å². The largest absolute Gasteiger partial charge is 0.497 e. The van der Waals surface area contributed by atoms with Gasteiger partial charge in [-0.25, -0.2) is 0 Å². The van der Waals surface area contributed by atoms with Crippen LogP contribution in [0.2, 0.25) is 0 Å². The minimum Gasteiger partial charge on any atom is -0.497 e. The Labute approximate surface area is 157 Å². The highest BCUT2D eigenvalue weighted by atomic mass is 79.9. The number of carbonyl (C=O) groups is 1. The van der Waals surface area contributed by atoms with Crippen LogP contribution in [0.15, 0.2) is 53.0 Å². The Bertz CT molecular complexity index is 701. The predicted molar refractivity (Wildman–Crippen MR) is 103 cm³/mol. The molecule has 1 heterocycles. The van der Waals surface area contributed by atoms with Gasteiger partial charge in [-0.05, 0) is 48.4 Å². The predicted octanol–water partition coefficient (Wildman–Crippen LogP) is 3.81. The van der Waals surface area contributed by atoms with Gasteiger partial charge in [-0.1, -0.05) is 28.1 Å². The van der Waals surface area contributed by atoms with Crippen molar-refractivity contribution in [1.29, 1.82) is 0 Å². The first-order valence-electron chi connectivity index (χ1n) is 8.56. The van der Waals surface area contributed by atoms with E-state index in [1.54, 1.807) is 7.11 Å². The summed E-state index contributed by atoms with van der Waals surface area (Å²) in [6.45, 7) is 4.40. The summed E-state index contributed by atoms with van der Waals surface area (Å²) >= 11 is 3.41. The van der Waals surface area contributed by atoms with Gasteiger partial charge in [-0.15, -0.1) is 0 Å². The van der Waals surface area contributed by atoms with Gasteiger partial charge >= 0.3 is 0 Å². The van der Waals surface area contributed by atoms with E-state index in [0.717, 1.165) is 54.9 Å². The lowest BCUT2D eigenvalue weighted by atomic mass is 10.2. The molecule has 2 aromatic rings. The Balaban J connectivity index is 1.57. The first-order valence-corrected chi connectivity index (χ1v) is 9.35. The van der Waals surface area contributed by atoms with E-state index in [1.165, 1.54) is 5.56 Å². The fourth-order valence-corrected chi connectivity index (χ4v) is 3.36. The average molecular weight is 403 g/mol. The summed E-state index contributed by atoms with van der Waals surface area (Å²) in [6, 6.07) is 15.8. The molecular weight excluding hydrogens is 380 g/mol. The Morgan fingerprint density at radius 3 is 2.40 bits per heavy atom. The lowest BCUT2D eigenvalue weighted by Crippen LogP contribution is -2.35. The standard InChI is InChI=1S/C20H23BrN2O2/c1-25-19-9-3-16(4-10-19)15-22-11-2-12-23(14-13-22)20(24)17-5-7-18(21)8-6-17/h3-10H,2,11-15H2,1H3. The normalized spacial score (nSPS) is 15.7. The second-order valence-electron chi connectivity index (χ2n) is 6.28. The van der Waals surface area contributed by atoms with Crippen molar-refractivity contribution in [3.63, 3.8) is 0 Å². The number of methoxy groups -OCH3 is 1. The summed E-state index contributed by atoms with van der Waals surface area (Å²) in [6.07, 6.45) is 0.998. The van der Waals surface area contributed by atoms with Crippen molar-refractivity contribution in [2.24, 2.45) is 0 Å². The molecule has 1 saturated heterocycles. The van der Waals surface area contributed by atoms with Crippen molar-refractivity contribution in [3.05, 3.63) is 64.1 Å². The summed E-state index contributed by atoms with van der Waals surface area (Å²) in [4.78, 5) is 17.1. The Morgan fingerprint density at radius 1 is 1.00 bits per heavy atom. The minimum absolute atomic E-state index is 0.124. The summed E-state index contributed by atoms with van der Waals surface area (Å²) in [5, 5.41) is 0. The van der Waals surface area contributed by atoms with E-state index in [2.05, 4.69) is 33.0 Å². The van der Waals surface area contributed by atoms with Crippen molar-refractivity contribution in [3.8, 4) is 5.75 Å². The molecule has 0 aromatic heterocycles. The maximum atomic E-state index is 12.7. The van der Waals surface area contributed by atoms with E-state index >= 15 is 0 Å². The molecule has 0 bridgehead atoms. The van der Waals surface area contributed by atoms with Crippen LogP contribution in [0.25, 0.3) is 0 Å². The zero-order chi connectivity index (χ0) is 17.6. The first kappa shape index (κ1) is 18.0. The van der Waals surface area contributed by atoms with Gasteiger partial charge in [-0.2, -0.15) is 0 Å². The molecule has 0 spiro atoms. The van der Waals surface area contributed by atoms with Crippen LogP contribution < -0.4 is 4.74 Å².